The maximum Gasteiger partial charge on any atom is 0.111 e. The monoisotopic (exact) mass is 408 g/mol. The lowest BCUT2D eigenvalue weighted by Gasteiger charge is -2.14. The first-order valence-corrected chi connectivity index (χ1v) is 9.36. The number of hydrogen-bond acceptors (Lipinski definition) is 2. The van der Waals surface area contributed by atoms with Crippen LogP contribution in [0.4, 0.5) is 0 Å². The molecule has 1 atom stereocenters. The number of halogens is 2. The molecule has 1 aromatic carbocycles. The van der Waals surface area contributed by atoms with Gasteiger partial charge in [-0.3, -0.25) is 0 Å². The van der Waals surface area contributed by atoms with E-state index >= 15 is 0 Å². The van der Waals surface area contributed by atoms with Crippen LogP contribution in [0.25, 0.3) is 11.0 Å². The number of aromatic nitrogens is 2. The third kappa shape index (κ3) is 3.79. The summed E-state index contributed by atoms with van der Waals surface area (Å²) in [6, 6.07) is 6.46. The Hall–Kier alpha value is 0.0600. The smallest absolute Gasteiger partial charge is 0.111 e. The van der Waals surface area contributed by atoms with Gasteiger partial charge in [0.15, 0.2) is 0 Å². The fourth-order valence-corrected chi connectivity index (χ4v) is 3.60. The Morgan fingerprint density at radius 3 is 2.95 bits per heavy atom. The van der Waals surface area contributed by atoms with Crippen molar-refractivity contribution < 1.29 is 0 Å². The van der Waals surface area contributed by atoms with Gasteiger partial charge in [0.25, 0.3) is 0 Å². The Morgan fingerprint density at radius 2 is 2.26 bits per heavy atom. The molecule has 0 saturated heterocycles. The molecule has 0 aliphatic carbocycles. The zero-order valence-electron chi connectivity index (χ0n) is 11.2. The van der Waals surface area contributed by atoms with Gasteiger partial charge in [0.05, 0.1) is 11.0 Å². The number of imidazole rings is 1. The third-order valence-corrected chi connectivity index (χ3v) is 4.82. The molecule has 104 valence electrons. The first-order valence-electron chi connectivity index (χ1n) is 6.35. The number of alkyl halides is 1. The Kier molecular flexibility index (Phi) is 5.84. The minimum absolute atomic E-state index is 0.622. The summed E-state index contributed by atoms with van der Waals surface area (Å²) in [6.45, 7) is 3.31. The maximum atomic E-state index is 5.91. The zero-order chi connectivity index (χ0) is 13.8. The maximum absolute atomic E-state index is 5.91. The average Bonchev–Trinajstić information content (AvgIpc) is 2.67. The lowest BCUT2D eigenvalue weighted by molar-refractivity contribution is 0.526. The standard InChI is InChI=1S/C14H18ClIN2S/c1-10(9-19-2)8-18-13-4-3-11(16)7-12(13)17-14(18)5-6-15/h3-4,7,10H,5-6,8-9H2,1-2H3. The van der Waals surface area contributed by atoms with Gasteiger partial charge in [-0.2, -0.15) is 11.8 Å². The molecule has 0 aliphatic heterocycles. The van der Waals surface area contributed by atoms with Crippen LogP contribution in [0.1, 0.15) is 12.7 Å². The van der Waals surface area contributed by atoms with E-state index in [1.165, 1.54) is 14.8 Å². The van der Waals surface area contributed by atoms with Crippen LogP contribution in [-0.4, -0.2) is 27.4 Å². The predicted molar refractivity (Wildman–Crippen MR) is 94.4 cm³/mol. The zero-order valence-corrected chi connectivity index (χ0v) is 14.9. The average molecular weight is 409 g/mol. The fourth-order valence-electron chi connectivity index (χ4n) is 2.28. The van der Waals surface area contributed by atoms with E-state index in [1.54, 1.807) is 0 Å². The molecule has 0 amide bonds. The van der Waals surface area contributed by atoms with Gasteiger partial charge in [0.1, 0.15) is 5.82 Å². The Bertz CT molecular complexity index is 556. The number of hydrogen-bond donors (Lipinski definition) is 0. The number of thioether (sulfide) groups is 1. The van der Waals surface area contributed by atoms with Gasteiger partial charge in [-0.05, 0) is 58.7 Å². The van der Waals surface area contributed by atoms with Crippen molar-refractivity contribution in [3.8, 4) is 0 Å². The first kappa shape index (κ1) is 15.4. The SMILES string of the molecule is CSCC(C)Cn1c(CCCl)nc2cc(I)ccc21. The summed E-state index contributed by atoms with van der Waals surface area (Å²) in [5.74, 6) is 3.54. The van der Waals surface area contributed by atoms with Crippen molar-refractivity contribution in [2.24, 2.45) is 5.92 Å². The molecule has 5 heteroatoms. The van der Waals surface area contributed by atoms with Gasteiger partial charge in [0, 0.05) is 22.4 Å². The predicted octanol–water partition coefficient (Wildman–Crippen LogP) is 4.42. The van der Waals surface area contributed by atoms with Crippen LogP contribution < -0.4 is 0 Å². The van der Waals surface area contributed by atoms with Gasteiger partial charge in [-0.1, -0.05) is 6.92 Å². The van der Waals surface area contributed by atoms with E-state index in [2.05, 4.69) is 58.5 Å². The molecule has 0 fully saturated rings. The van der Waals surface area contributed by atoms with Crippen molar-refractivity contribution in [1.82, 2.24) is 9.55 Å². The van der Waals surface area contributed by atoms with Crippen molar-refractivity contribution in [1.29, 1.82) is 0 Å². The first-order chi connectivity index (χ1) is 9.15. The molecular formula is C14H18ClIN2S. The third-order valence-electron chi connectivity index (χ3n) is 3.05. The van der Waals surface area contributed by atoms with Crippen molar-refractivity contribution in [3.05, 3.63) is 27.6 Å². The number of benzene rings is 1. The largest absolute Gasteiger partial charge is 0.328 e. The molecule has 1 heterocycles. The number of rotatable bonds is 6. The van der Waals surface area contributed by atoms with Gasteiger partial charge in [-0.15, -0.1) is 11.6 Å². The molecule has 2 rings (SSSR count). The molecule has 2 aromatic rings. The molecule has 1 unspecified atom stereocenters. The Labute approximate surface area is 137 Å². The van der Waals surface area contributed by atoms with E-state index < -0.39 is 0 Å². The highest BCUT2D eigenvalue weighted by Gasteiger charge is 2.13. The summed E-state index contributed by atoms with van der Waals surface area (Å²) in [7, 11) is 0. The minimum atomic E-state index is 0.622. The molecule has 0 N–H and O–H groups in total. The highest BCUT2D eigenvalue weighted by atomic mass is 127. The summed E-state index contributed by atoms with van der Waals surface area (Å²) in [4.78, 5) is 4.74. The Balaban J connectivity index is 2.39. The second kappa shape index (κ2) is 7.18. The van der Waals surface area contributed by atoms with Gasteiger partial charge in [0.2, 0.25) is 0 Å². The Morgan fingerprint density at radius 1 is 1.47 bits per heavy atom. The quantitative estimate of drug-likeness (QED) is 0.520. The number of fused-ring (bicyclic) bond motifs is 1. The number of nitrogens with zero attached hydrogens (tertiary/aromatic N) is 2. The van der Waals surface area contributed by atoms with Crippen LogP contribution in [-0.2, 0) is 13.0 Å². The number of aryl methyl sites for hydroxylation is 1. The lowest BCUT2D eigenvalue weighted by atomic mass is 10.2. The summed E-state index contributed by atoms with van der Waals surface area (Å²) in [5.41, 5.74) is 2.32. The molecule has 0 radical (unpaired) electrons. The summed E-state index contributed by atoms with van der Waals surface area (Å²) < 4.78 is 3.57. The van der Waals surface area contributed by atoms with Crippen molar-refractivity contribution in [2.45, 2.75) is 19.9 Å². The molecule has 0 spiro atoms. The molecule has 0 aliphatic rings. The molecule has 0 bridgehead atoms. The molecule has 19 heavy (non-hydrogen) atoms. The lowest BCUT2D eigenvalue weighted by Crippen LogP contribution is -2.13. The minimum Gasteiger partial charge on any atom is -0.328 e. The second-order valence-corrected chi connectivity index (χ2v) is 7.31. The van der Waals surface area contributed by atoms with E-state index in [0.29, 0.717) is 11.8 Å². The van der Waals surface area contributed by atoms with Crippen molar-refractivity contribution in [3.63, 3.8) is 0 Å². The van der Waals surface area contributed by atoms with Crippen LogP contribution in [0.3, 0.4) is 0 Å². The van der Waals surface area contributed by atoms with E-state index in [0.717, 1.165) is 24.3 Å². The van der Waals surface area contributed by atoms with Gasteiger partial charge in [-0.25, -0.2) is 4.98 Å². The van der Waals surface area contributed by atoms with Crippen LogP contribution in [0, 0.1) is 9.49 Å². The van der Waals surface area contributed by atoms with E-state index in [-0.39, 0.29) is 0 Å². The van der Waals surface area contributed by atoms with Gasteiger partial charge >= 0.3 is 0 Å². The summed E-state index contributed by atoms with van der Waals surface area (Å²) in [5, 5.41) is 0. The summed E-state index contributed by atoms with van der Waals surface area (Å²) in [6.07, 6.45) is 2.99. The van der Waals surface area contributed by atoms with Crippen LogP contribution in [0.15, 0.2) is 18.2 Å². The normalized spacial score (nSPS) is 13.1. The molecular weight excluding hydrogens is 391 g/mol. The fraction of sp³-hybridized carbons (Fsp3) is 0.500. The van der Waals surface area contributed by atoms with Crippen LogP contribution in [0.5, 0.6) is 0 Å². The van der Waals surface area contributed by atoms with Gasteiger partial charge < -0.3 is 4.57 Å². The molecule has 1 aromatic heterocycles. The van der Waals surface area contributed by atoms with E-state index in [1.807, 2.05) is 11.8 Å². The van der Waals surface area contributed by atoms with E-state index in [9.17, 15) is 0 Å². The summed E-state index contributed by atoms with van der Waals surface area (Å²) >= 11 is 10.1. The topological polar surface area (TPSA) is 17.8 Å². The van der Waals surface area contributed by atoms with Crippen LogP contribution >= 0.6 is 46.0 Å². The molecule has 2 nitrogen and oxygen atoms in total. The van der Waals surface area contributed by atoms with E-state index in [4.69, 9.17) is 16.6 Å². The van der Waals surface area contributed by atoms with Crippen LogP contribution in [0.2, 0.25) is 0 Å². The second-order valence-electron chi connectivity index (χ2n) is 4.77. The molecule has 0 saturated carbocycles. The highest BCUT2D eigenvalue weighted by Crippen LogP contribution is 2.21. The highest BCUT2D eigenvalue weighted by molar-refractivity contribution is 14.1. The van der Waals surface area contributed by atoms with Crippen molar-refractivity contribution in [2.75, 3.05) is 17.9 Å². The van der Waals surface area contributed by atoms with Crippen molar-refractivity contribution >= 4 is 57.0 Å².